The number of nitrogens with zero attached hydrogens (tertiary/aromatic N) is 1. The summed E-state index contributed by atoms with van der Waals surface area (Å²) in [6, 6.07) is 3.59. The molecule has 0 bridgehead atoms. The summed E-state index contributed by atoms with van der Waals surface area (Å²) in [7, 11) is 0. The van der Waals surface area contributed by atoms with Gasteiger partial charge in [0.25, 0.3) is 5.91 Å². The lowest BCUT2D eigenvalue weighted by molar-refractivity contribution is 0.0963. The fourth-order valence-corrected chi connectivity index (χ4v) is 2.96. The van der Waals surface area contributed by atoms with Gasteiger partial charge in [-0.15, -0.1) is 0 Å². The zero-order valence-electron chi connectivity index (χ0n) is 13.8. The van der Waals surface area contributed by atoms with E-state index in [0.717, 1.165) is 5.56 Å². The highest BCUT2D eigenvalue weighted by atomic mass is 127. The molecule has 0 saturated carbocycles. The van der Waals surface area contributed by atoms with Crippen LogP contribution in [0.3, 0.4) is 0 Å². The third kappa shape index (κ3) is 4.75. The zero-order valence-corrected chi connectivity index (χ0v) is 17.5. The first-order valence-electron chi connectivity index (χ1n) is 7.43. The third-order valence-corrected chi connectivity index (χ3v) is 5.75. The van der Waals surface area contributed by atoms with Crippen molar-refractivity contribution in [1.82, 2.24) is 10.3 Å². The summed E-state index contributed by atoms with van der Waals surface area (Å²) in [6.07, 6.45) is 1.66. The van der Waals surface area contributed by atoms with Gasteiger partial charge in [0.15, 0.2) is 0 Å². The van der Waals surface area contributed by atoms with Gasteiger partial charge in [0.2, 0.25) is 0 Å². The number of amides is 3. The molecule has 0 saturated heterocycles. The van der Waals surface area contributed by atoms with E-state index in [1.807, 2.05) is 43.4 Å². The Labute approximate surface area is 167 Å². The normalized spacial score (nSPS) is 10.7. The van der Waals surface area contributed by atoms with Crippen LogP contribution in [0.4, 0.5) is 14.9 Å². The minimum absolute atomic E-state index is 0.0931. The van der Waals surface area contributed by atoms with Crippen molar-refractivity contribution in [3.05, 3.63) is 55.1 Å². The van der Waals surface area contributed by atoms with Gasteiger partial charge in [-0.05, 0) is 75.1 Å². The number of nitrogens with one attached hydrogen (secondary N) is 2. The Kier molecular flexibility index (Phi) is 6.50. The van der Waals surface area contributed by atoms with Gasteiger partial charge in [-0.1, -0.05) is 13.8 Å². The summed E-state index contributed by atoms with van der Waals surface area (Å²) in [5, 5.41) is 4.78. The van der Waals surface area contributed by atoms with Crippen LogP contribution in [0, 0.1) is 16.3 Å². The minimum Gasteiger partial charge on any atom is -0.306 e. The van der Waals surface area contributed by atoms with Crippen LogP contribution in [0.5, 0.6) is 0 Å². The molecule has 0 unspecified atom stereocenters. The summed E-state index contributed by atoms with van der Waals surface area (Å²) >= 11 is 5.18. The lowest BCUT2D eigenvalue weighted by atomic mass is 10.1. The highest BCUT2D eigenvalue weighted by Crippen LogP contribution is 2.25. The maximum atomic E-state index is 14.0. The Balaban J connectivity index is 2.19. The molecule has 132 valence electrons. The summed E-state index contributed by atoms with van der Waals surface area (Å²) in [5.41, 5.74) is 1.87. The molecule has 0 aliphatic carbocycles. The summed E-state index contributed by atoms with van der Waals surface area (Å²) in [5.74, 6) is -1.42. The molecular weight excluding hydrogens is 504 g/mol. The van der Waals surface area contributed by atoms with E-state index in [0.29, 0.717) is 19.4 Å². The second-order valence-electron chi connectivity index (χ2n) is 5.70. The van der Waals surface area contributed by atoms with E-state index in [2.05, 4.69) is 31.5 Å². The van der Waals surface area contributed by atoms with Crippen LogP contribution in [0.15, 0.2) is 28.9 Å². The Morgan fingerprint density at radius 3 is 2.64 bits per heavy atom. The standard InChI is InChI=1S/C17H16BrFIN3O2/c1-8(2)14-15(9(3)4-5-21-14)22-17(25)23-16(24)10-6-11(18)13(20)7-12(10)19/h4-8H,1-3H3,(H2,22,23,24,25). The second-order valence-corrected chi connectivity index (χ2v) is 7.71. The quantitative estimate of drug-likeness (QED) is 0.443. The molecule has 0 aliphatic rings. The molecule has 0 radical (unpaired) electrons. The van der Waals surface area contributed by atoms with E-state index >= 15 is 0 Å². The number of carbonyl (C=O) groups excluding carboxylic acids is 2. The van der Waals surface area contributed by atoms with Crippen LogP contribution in [0.25, 0.3) is 0 Å². The lowest BCUT2D eigenvalue weighted by Crippen LogP contribution is -2.35. The number of rotatable bonds is 3. The van der Waals surface area contributed by atoms with E-state index in [9.17, 15) is 14.0 Å². The largest absolute Gasteiger partial charge is 0.326 e. The fraction of sp³-hybridized carbons (Fsp3) is 0.235. The first kappa shape index (κ1) is 19.8. The van der Waals surface area contributed by atoms with Crippen molar-refractivity contribution in [2.75, 3.05) is 5.32 Å². The molecule has 1 aromatic carbocycles. The molecular formula is C17H16BrFIN3O2. The van der Waals surface area contributed by atoms with Crippen molar-refractivity contribution in [3.63, 3.8) is 0 Å². The van der Waals surface area contributed by atoms with Crippen LogP contribution in [0.1, 0.15) is 41.4 Å². The van der Waals surface area contributed by atoms with Crippen LogP contribution in [-0.2, 0) is 0 Å². The molecule has 3 amide bonds. The SMILES string of the molecule is Cc1ccnc(C(C)C)c1NC(=O)NC(=O)c1cc(Br)c(I)cc1F. The van der Waals surface area contributed by atoms with Gasteiger partial charge in [-0.3, -0.25) is 15.1 Å². The van der Waals surface area contributed by atoms with Gasteiger partial charge in [0, 0.05) is 14.2 Å². The van der Waals surface area contributed by atoms with E-state index in [1.165, 1.54) is 12.1 Å². The molecule has 25 heavy (non-hydrogen) atoms. The number of hydrogen-bond acceptors (Lipinski definition) is 3. The van der Waals surface area contributed by atoms with Gasteiger partial charge < -0.3 is 5.32 Å². The van der Waals surface area contributed by atoms with Crippen molar-refractivity contribution in [1.29, 1.82) is 0 Å². The fourth-order valence-electron chi connectivity index (χ4n) is 2.19. The first-order chi connectivity index (χ1) is 11.7. The van der Waals surface area contributed by atoms with Gasteiger partial charge in [0.1, 0.15) is 5.82 Å². The van der Waals surface area contributed by atoms with Crippen molar-refractivity contribution < 1.29 is 14.0 Å². The molecule has 1 heterocycles. The number of pyridine rings is 1. The van der Waals surface area contributed by atoms with E-state index in [1.54, 1.807) is 12.3 Å². The predicted molar refractivity (Wildman–Crippen MR) is 106 cm³/mol. The maximum absolute atomic E-state index is 14.0. The highest BCUT2D eigenvalue weighted by Gasteiger charge is 2.19. The Hall–Kier alpha value is -1.55. The number of aryl methyl sites for hydroxylation is 1. The van der Waals surface area contributed by atoms with Crippen molar-refractivity contribution >= 4 is 56.1 Å². The molecule has 0 atom stereocenters. The van der Waals surface area contributed by atoms with Crippen molar-refractivity contribution in [2.45, 2.75) is 26.7 Å². The van der Waals surface area contributed by atoms with E-state index in [4.69, 9.17) is 0 Å². The van der Waals surface area contributed by atoms with Crippen LogP contribution < -0.4 is 10.6 Å². The number of carbonyl (C=O) groups is 2. The van der Waals surface area contributed by atoms with Crippen LogP contribution in [-0.4, -0.2) is 16.9 Å². The summed E-state index contributed by atoms with van der Waals surface area (Å²) < 4.78 is 15.2. The van der Waals surface area contributed by atoms with Gasteiger partial charge in [-0.25, -0.2) is 9.18 Å². The molecule has 1 aromatic heterocycles. The monoisotopic (exact) mass is 519 g/mol. The maximum Gasteiger partial charge on any atom is 0.326 e. The lowest BCUT2D eigenvalue weighted by Gasteiger charge is -2.15. The smallest absolute Gasteiger partial charge is 0.306 e. The molecule has 5 nitrogen and oxygen atoms in total. The number of aromatic nitrogens is 1. The number of benzene rings is 1. The van der Waals surface area contributed by atoms with E-state index < -0.39 is 17.8 Å². The predicted octanol–water partition coefficient (Wildman–Crippen LogP) is 4.98. The summed E-state index contributed by atoms with van der Waals surface area (Å²) in [4.78, 5) is 28.6. The minimum atomic E-state index is -0.820. The molecule has 0 aliphatic heterocycles. The Morgan fingerprint density at radius 1 is 1.32 bits per heavy atom. The average Bonchev–Trinajstić information content (AvgIpc) is 2.52. The highest BCUT2D eigenvalue weighted by molar-refractivity contribution is 14.1. The van der Waals surface area contributed by atoms with Gasteiger partial charge in [-0.2, -0.15) is 0 Å². The Bertz CT molecular complexity index is 843. The van der Waals surface area contributed by atoms with Crippen LogP contribution >= 0.6 is 38.5 Å². The molecule has 0 spiro atoms. The topological polar surface area (TPSA) is 71.1 Å². The Morgan fingerprint density at radius 2 is 2.00 bits per heavy atom. The molecule has 8 heteroatoms. The molecule has 2 aromatic rings. The molecule has 0 fully saturated rings. The number of hydrogen-bond donors (Lipinski definition) is 2. The van der Waals surface area contributed by atoms with Crippen molar-refractivity contribution in [3.8, 4) is 0 Å². The third-order valence-electron chi connectivity index (χ3n) is 3.46. The number of halogens is 3. The second kappa shape index (κ2) is 8.22. The molecule has 2 rings (SSSR count). The van der Waals surface area contributed by atoms with Gasteiger partial charge >= 0.3 is 6.03 Å². The first-order valence-corrected chi connectivity index (χ1v) is 9.30. The average molecular weight is 520 g/mol. The zero-order chi connectivity index (χ0) is 18.7. The molecule has 2 N–H and O–H groups in total. The number of anilines is 1. The summed E-state index contributed by atoms with van der Waals surface area (Å²) in [6.45, 7) is 5.74. The number of imide groups is 1. The van der Waals surface area contributed by atoms with Gasteiger partial charge in [0.05, 0.1) is 16.9 Å². The number of urea groups is 1. The van der Waals surface area contributed by atoms with E-state index in [-0.39, 0.29) is 11.5 Å². The van der Waals surface area contributed by atoms with Crippen molar-refractivity contribution in [2.24, 2.45) is 0 Å². The van der Waals surface area contributed by atoms with Crippen LogP contribution in [0.2, 0.25) is 0 Å².